The summed E-state index contributed by atoms with van der Waals surface area (Å²) in [6.45, 7) is 2.23. The Bertz CT molecular complexity index is 1460. The fraction of sp³-hybridized carbons (Fsp3) is 0.355. The molecule has 0 saturated heterocycles. The molecule has 0 radical (unpaired) electrons. The van der Waals surface area contributed by atoms with Crippen LogP contribution in [0.1, 0.15) is 37.3 Å². The predicted octanol–water partition coefficient (Wildman–Crippen LogP) is 5.20. The minimum Gasteiger partial charge on any atom is -0.495 e. The van der Waals surface area contributed by atoms with E-state index >= 15 is 0 Å². The molecular weight excluding hydrogens is 581 g/mol. The molecule has 0 bridgehead atoms. The van der Waals surface area contributed by atoms with Gasteiger partial charge >= 0.3 is 0 Å². The van der Waals surface area contributed by atoms with E-state index in [0.29, 0.717) is 24.4 Å². The topological polar surface area (TPSA) is 96.0 Å². The van der Waals surface area contributed by atoms with Crippen LogP contribution in [0, 0.1) is 5.82 Å². The smallest absolute Gasteiger partial charge is 0.243 e. The van der Waals surface area contributed by atoms with Gasteiger partial charge in [-0.25, -0.2) is 12.8 Å². The van der Waals surface area contributed by atoms with Crippen LogP contribution in [-0.4, -0.2) is 57.6 Å². The number of nitrogens with one attached hydrogen (secondary N) is 1. The van der Waals surface area contributed by atoms with Gasteiger partial charge in [-0.2, -0.15) is 0 Å². The van der Waals surface area contributed by atoms with Crippen LogP contribution in [-0.2, 0) is 32.6 Å². The predicted molar refractivity (Wildman–Crippen MR) is 164 cm³/mol. The van der Waals surface area contributed by atoms with E-state index in [4.69, 9.17) is 16.3 Å². The molecule has 226 valence electrons. The van der Waals surface area contributed by atoms with Crippen LogP contribution >= 0.6 is 11.6 Å². The highest BCUT2D eigenvalue weighted by Gasteiger charge is 2.31. The lowest BCUT2D eigenvalue weighted by Gasteiger charge is -2.32. The second-order valence-electron chi connectivity index (χ2n) is 9.87. The van der Waals surface area contributed by atoms with E-state index < -0.39 is 27.8 Å². The summed E-state index contributed by atoms with van der Waals surface area (Å²) in [4.78, 5) is 28.6. The molecule has 0 aliphatic carbocycles. The molecule has 3 aromatic carbocycles. The third-order valence-corrected chi connectivity index (χ3v) is 8.18. The molecule has 0 aliphatic heterocycles. The SMILES string of the molecule is CCCNC(=O)C(Cc1ccccc1)N(Cc1ccccc1F)C(=O)CCCN(c1ccc(OC)c(Cl)c1)S(C)(=O)=O. The number of amides is 2. The van der Waals surface area contributed by atoms with Crippen molar-refractivity contribution < 1.29 is 27.1 Å². The molecule has 3 aromatic rings. The summed E-state index contributed by atoms with van der Waals surface area (Å²) < 4.78 is 46.4. The maximum Gasteiger partial charge on any atom is 0.243 e. The second kappa shape index (κ2) is 15.6. The molecule has 0 aliphatic rings. The van der Waals surface area contributed by atoms with Gasteiger partial charge in [0.05, 0.1) is 24.1 Å². The van der Waals surface area contributed by atoms with Gasteiger partial charge in [0.1, 0.15) is 17.6 Å². The minimum absolute atomic E-state index is 0.00779. The first-order valence-corrected chi connectivity index (χ1v) is 15.9. The van der Waals surface area contributed by atoms with Gasteiger partial charge in [0.15, 0.2) is 0 Å². The number of halogens is 2. The van der Waals surface area contributed by atoms with E-state index in [9.17, 15) is 22.4 Å². The van der Waals surface area contributed by atoms with Gasteiger partial charge in [-0.1, -0.05) is 67.1 Å². The summed E-state index contributed by atoms with van der Waals surface area (Å²) in [5.41, 5.74) is 1.46. The van der Waals surface area contributed by atoms with Gasteiger partial charge < -0.3 is 15.0 Å². The number of hydrogen-bond acceptors (Lipinski definition) is 5. The van der Waals surface area contributed by atoms with Crippen molar-refractivity contribution >= 4 is 39.1 Å². The lowest BCUT2D eigenvalue weighted by atomic mass is 10.0. The lowest BCUT2D eigenvalue weighted by molar-refractivity contribution is -0.141. The zero-order chi connectivity index (χ0) is 30.7. The molecule has 2 amide bonds. The Morgan fingerprint density at radius 1 is 1.05 bits per heavy atom. The van der Waals surface area contributed by atoms with Crippen LogP contribution in [0.4, 0.5) is 10.1 Å². The lowest BCUT2D eigenvalue weighted by Crippen LogP contribution is -2.50. The Morgan fingerprint density at radius 3 is 2.36 bits per heavy atom. The van der Waals surface area contributed by atoms with Gasteiger partial charge in [-0.15, -0.1) is 0 Å². The Hall–Kier alpha value is -3.63. The highest BCUT2D eigenvalue weighted by molar-refractivity contribution is 7.92. The molecule has 0 heterocycles. The summed E-state index contributed by atoms with van der Waals surface area (Å²) >= 11 is 6.23. The monoisotopic (exact) mass is 617 g/mol. The third-order valence-electron chi connectivity index (χ3n) is 6.69. The van der Waals surface area contributed by atoms with Crippen LogP contribution in [0.25, 0.3) is 0 Å². The Kier molecular flexibility index (Phi) is 12.2. The second-order valence-corrected chi connectivity index (χ2v) is 12.2. The third kappa shape index (κ3) is 9.19. The van der Waals surface area contributed by atoms with Gasteiger partial charge in [-0.3, -0.25) is 13.9 Å². The zero-order valence-corrected chi connectivity index (χ0v) is 25.6. The first-order chi connectivity index (χ1) is 20.0. The maximum absolute atomic E-state index is 14.7. The molecule has 8 nitrogen and oxygen atoms in total. The van der Waals surface area contributed by atoms with E-state index in [0.717, 1.165) is 11.8 Å². The largest absolute Gasteiger partial charge is 0.495 e. The molecular formula is C31H37ClFN3O5S. The van der Waals surface area contributed by atoms with Crippen molar-refractivity contribution in [2.75, 3.05) is 30.8 Å². The van der Waals surface area contributed by atoms with Crippen molar-refractivity contribution in [3.63, 3.8) is 0 Å². The fourth-order valence-corrected chi connectivity index (χ4v) is 5.75. The van der Waals surface area contributed by atoms with Crippen molar-refractivity contribution in [3.8, 4) is 5.75 Å². The number of nitrogens with zero attached hydrogens (tertiary/aromatic N) is 2. The van der Waals surface area contributed by atoms with Crippen LogP contribution in [0.15, 0.2) is 72.8 Å². The van der Waals surface area contributed by atoms with Gasteiger partial charge in [0.2, 0.25) is 21.8 Å². The number of carbonyl (C=O) groups excluding carboxylic acids is 2. The van der Waals surface area contributed by atoms with E-state index in [1.807, 2.05) is 37.3 Å². The average Bonchev–Trinajstić information content (AvgIpc) is 2.96. The summed E-state index contributed by atoms with van der Waals surface area (Å²) in [5, 5.41) is 3.13. The quantitative estimate of drug-likeness (QED) is 0.253. The normalized spacial score (nSPS) is 11.9. The highest BCUT2D eigenvalue weighted by Crippen LogP contribution is 2.30. The summed E-state index contributed by atoms with van der Waals surface area (Å²) in [5.74, 6) is -0.816. The number of methoxy groups -OCH3 is 1. The van der Waals surface area contributed by atoms with Crippen LogP contribution in [0.3, 0.4) is 0 Å². The van der Waals surface area contributed by atoms with Crippen LogP contribution < -0.4 is 14.4 Å². The Morgan fingerprint density at radius 2 is 1.74 bits per heavy atom. The van der Waals surface area contributed by atoms with Crippen molar-refractivity contribution in [1.82, 2.24) is 10.2 Å². The van der Waals surface area contributed by atoms with Crippen LogP contribution in [0.2, 0.25) is 5.02 Å². The zero-order valence-electron chi connectivity index (χ0n) is 24.1. The molecule has 0 spiro atoms. The van der Waals surface area contributed by atoms with Crippen molar-refractivity contribution in [1.29, 1.82) is 0 Å². The molecule has 0 fully saturated rings. The fourth-order valence-electron chi connectivity index (χ4n) is 4.54. The molecule has 0 aromatic heterocycles. The number of anilines is 1. The Balaban J connectivity index is 1.88. The minimum atomic E-state index is -3.71. The maximum atomic E-state index is 14.7. The summed E-state index contributed by atoms with van der Waals surface area (Å²) in [6, 6.07) is 19.2. The summed E-state index contributed by atoms with van der Waals surface area (Å²) in [7, 11) is -2.25. The van der Waals surface area contributed by atoms with Gasteiger partial charge in [-0.05, 0) is 42.7 Å². The molecule has 42 heavy (non-hydrogen) atoms. The van der Waals surface area contributed by atoms with Gasteiger partial charge in [0.25, 0.3) is 0 Å². The number of hydrogen-bond donors (Lipinski definition) is 1. The van der Waals surface area contributed by atoms with E-state index in [1.165, 1.54) is 28.4 Å². The van der Waals surface area contributed by atoms with E-state index in [1.54, 1.807) is 30.3 Å². The molecule has 0 saturated carbocycles. The first kappa shape index (κ1) is 32.9. The average molecular weight is 618 g/mol. The van der Waals surface area contributed by atoms with Crippen molar-refractivity contribution in [2.24, 2.45) is 0 Å². The highest BCUT2D eigenvalue weighted by atomic mass is 35.5. The number of ether oxygens (including phenoxy) is 1. The molecule has 1 unspecified atom stereocenters. The molecule has 1 atom stereocenters. The molecule has 1 N–H and O–H groups in total. The van der Waals surface area contributed by atoms with Crippen molar-refractivity contribution in [2.45, 2.75) is 45.2 Å². The molecule has 11 heteroatoms. The van der Waals surface area contributed by atoms with Crippen molar-refractivity contribution in [3.05, 3.63) is 94.8 Å². The first-order valence-electron chi connectivity index (χ1n) is 13.7. The molecule has 3 rings (SSSR count). The standard InChI is InChI=1S/C31H37ClFN3O5S/c1-4-18-34-31(38)28(20-23-11-6-5-7-12-23)35(22-24-13-8-9-14-27(24)33)30(37)15-10-19-36(42(3,39)40)25-16-17-29(41-2)26(32)21-25/h5-9,11-14,16-17,21,28H,4,10,15,18-20,22H2,1-3H3,(H,34,38). The van der Waals surface area contributed by atoms with E-state index in [2.05, 4.69) is 5.32 Å². The number of sulfonamides is 1. The number of carbonyl (C=O) groups is 2. The Labute approximate surface area is 252 Å². The number of benzene rings is 3. The van der Waals surface area contributed by atoms with Crippen LogP contribution in [0.5, 0.6) is 5.75 Å². The van der Waals surface area contributed by atoms with Gasteiger partial charge in [0, 0.05) is 38.0 Å². The summed E-state index contributed by atoms with van der Waals surface area (Å²) in [6.07, 6.45) is 2.10. The van der Waals surface area contributed by atoms with E-state index in [-0.39, 0.29) is 48.8 Å². The number of rotatable bonds is 15.